The van der Waals surface area contributed by atoms with Crippen molar-refractivity contribution in [1.82, 2.24) is 0 Å². The summed E-state index contributed by atoms with van der Waals surface area (Å²) in [4.78, 5) is 0. The zero-order valence-corrected chi connectivity index (χ0v) is 10.7. The number of hydrogen-bond acceptors (Lipinski definition) is 2. The first-order valence-corrected chi connectivity index (χ1v) is 5.83. The van der Waals surface area contributed by atoms with Crippen LogP contribution in [-0.4, -0.2) is 5.84 Å². The largest absolute Gasteiger partial charge is 0.456 e. The molecule has 0 amide bonds. The lowest BCUT2D eigenvalue weighted by Crippen LogP contribution is -2.11. The first kappa shape index (κ1) is 12.5. The minimum atomic E-state index is 0.0439. The number of benzene rings is 2. The highest BCUT2D eigenvalue weighted by Crippen LogP contribution is 2.30. The molecule has 0 saturated carbocycles. The summed E-state index contributed by atoms with van der Waals surface area (Å²) >= 11 is 6.03. The zero-order chi connectivity index (χ0) is 13.1. The lowest BCUT2D eigenvalue weighted by atomic mass is 10.1. The average molecular weight is 261 g/mol. The highest BCUT2D eigenvalue weighted by molar-refractivity contribution is 6.32. The number of hydrogen-bond donors (Lipinski definition) is 2. The van der Waals surface area contributed by atoms with E-state index in [1.54, 1.807) is 24.3 Å². The van der Waals surface area contributed by atoms with Gasteiger partial charge in [-0.15, -0.1) is 0 Å². The standard InChI is InChI=1S/C14H13ClN2O/c1-9-8-10(14(16)17)6-7-12(9)18-13-5-3-2-4-11(13)15/h2-8H,1H3,(H3,16,17). The quantitative estimate of drug-likeness (QED) is 0.653. The van der Waals surface area contributed by atoms with Gasteiger partial charge in [0.25, 0.3) is 0 Å². The third-order valence-corrected chi connectivity index (χ3v) is 2.85. The van der Waals surface area contributed by atoms with Crippen LogP contribution >= 0.6 is 11.6 Å². The maximum Gasteiger partial charge on any atom is 0.146 e. The van der Waals surface area contributed by atoms with Crippen LogP contribution in [0.2, 0.25) is 5.02 Å². The number of para-hydroxylation sites is 1. The van der Waals surface area contributed by atoms with Gasteiger partial charge in [-0.1, -0.05) is 23.7 Å². The molecule has 0 atom stereocenters. The van der Waals surface area contributed by atoms with Crippen molar-refractivity contribution in [1.29, 1.82) is 5.41 Å². The summed E-state index contributed by atoms with van der Waals surface area (Å²) < 4.78 is 5.73. The van der Waals surface area contributed by atoms with Crippen LogP contribution in [-0.2, 0) is 0 Å². The van der Waals surface area contributed by atoms with Gasteiger partial charge >= 0.3 is 0 Å². The van der Waals surface area contributed by atoms with Crippen LogP contribution in [0, 0.1) is 12.3 Å². The Morgan fingerprint density at radius 3 is 2.50 bits per heavy atom. The van der Waals surface area contributed by atoms with Gasteiger partial charge in [0.15, 0.2) is 0 Å². The summed E-state index contributed by atoms with van der Waals surface area (Å²) in [5, 5.41) is 7.94. The molecule has 0 aliphatic rings. The molecular formula is C14H13ClN2O. The molecule has 0 saturated heterocycles. The fourth-order valence-electron chi connectivity index (χ4n) is 1.58. The van der Waals surface area contributed by atoms with Crippen LogP contribution in [0.5, 0.6) is 11.5 Å². The molecule has 18 heavy (non-hydrogen) atoms. The summed E-state index contributed by atoms with van der Waals surface area (Å²) in [6.07, 6.45) is 0. The molecule has 0 radical (unpaired) electrons. The van der Waals surface area contributed by atoms with Gasteiger partial charge < -0.3 is 10.5 Å². The third-order valence-electron chi connectivity index (χ3n) is 2.54. The van der Waals surface area contributed by atoms with Crippen molar-refractivity contribution in [3.63, 3.8) is 0 Å². The second-order valence-electron chi connectivity index (χ2n) is 3.93. The smallest absolute Gasteiger partial charge is 0.146 e. The minimum absolute atomic E-state index is 0.0439. The highest BCUT2D eigenvalue weighted by Gasteiger charge is 2.06. The normalized spacial score (nSPS) is 10.1. The number of amidine groups is 1. The molecule has 92 valence electrons. The van der Waals surface area contributed by atoms with Gasteiger partial charge in [0.05, 0.1) is 5.02 Å². The molecule has 0 aromatic heterocycles. The van der Waals surface area contributed by atoms with Crippen molar-refractivity contribution < 1.29 is 4.74 Å². The molecule has 0 aliphatic carbocycles. The minimum Gasteiger partial charge on any atom is -0.456 e. The van der Waals surface area contributed by atoms with Crippen molar-refractivity contribution in [3.05, 3.63) is 58.6 Å². The van der Waals surface area contributed by atoms with E-state index in [1.165, 1.54) is 0 Å². The Hall–Kier alpha value is -2.00. The Labute approximate surface area is 111 Å². The third kappa shape index (κ3) is 2.63. The topological polar surface area (TPSA) is 59.1 Å². The van der Waals surface area contributed by atoms with Crippen LogP contribution in [0.3, 0.4) is 0 Å². The molecule has 0 heterocycles. The van der Waals surface area contributed by atoms with Crippen LogP contribution in [0.25, 0.3) is 0 Å². The van der Waals surface area contributed by atoms with Crippen molar-refractivity contribution in [2.24, 2.45) is 5.73 Å². The molecule has 0 fully saturated rings. The van der Waals surface area contributed by atoms with Crippen LogP contribution in [0.15, 0.2) is 42.5 Å². The van der Waals surface area contributed by atoms with E-state index >= 15 is 0 Å². The molecular weight excluding hydrogens is 248 g/mol. The van der Waals surface area contributed by atoms with Crippen molar-refractivity contribution >= 4 is 17.4 Å². The SMILES string of the molecule is Cc1cc(C(=N)N)ccc1Oc1ccccc1Cl. The summed E-state index contributed by atoms with van der Waals surface area (Å²) in [7, 11) is 0. The first-order chi connectivity index (χ1) is 8.58. The molecule has 3 nitrogen and oxygen atoms in total. The molecule has 0 spiro atoms. The van der Waals surface area contributed by atoms with E-state index < -0.39 is 0 Å². The van der Waals surface area contributed by atoms with E-state index in [0.717, 1.165) is 5.56 Å². The van der Waals surface area contributed by atoms with Crippen LogP contribution in [0.1, 0.15) is 11.1 Å². The number of ether oxygens (including phenoxy) is 1. The van der Waals surface area contributed by atoms with E-state index in [-0.39, 0.29) is 5.84 Å². The second-order valence-corrected chi connectivity index (χ2v) is 4.33. The Kier molecular flexibility index (Phi) is 3.53. The molecule has 2 aromatic rings. The fourth-order valence-corrected chi connectivity index (χ4v) is 1.75. The fraction of sp³-hybridized carbons (Fsp3) is 0.0714. The summed E-state index contributed by atoms with van der Waals surface area (Å²) in [5.41, 5.74) is 7.02. The summed E-state index contributed by atoms with van der Waals surface area (Å²) in [6.45, 7) is 1.90. The average Bonchev–Trinajstić information content (AvgIpc) is 2.34. The van der Waals surface area contributed by atoms with Crippen molar-refractivity contribution in [2.75, 3.05) is 0 Å². The van der Waals surface area contributed by atoms with Gasteiger partial charge in [-0.3, -0.25) is 5.41 Å². The van der Waals surface area contributed by atoms with E-state index in [4.69, 9.17) is 27.5 Å². The summed E-state index contributed by atoms with van der Waals surface area (Å²) in [6, 6.07) is 12.6. The van der Waals surface area contributed by atoms with E-state index in [2.05, 4.69) is 0 Å². The molecule has 2 aromatic carbocycles. The van der Waals surface area contributed by atoms with Gasteiger partial charge in [0, 0.05) is 5.56 Å². The van der Waals surface area contributed by atoms with Crippen LogP contribution < -0.4 is 10.5 Å². The predicted molar refractivity (Wildman–Crippen MR) is 73.7 cm³/mol. The van der Waals surface area contributed by atoms with E-state index in [0.29, 0.717) is 22.1 Å². The van der Waals surface area contributed by atoms with Gasteiger partial charge in [-0.25, -0.2) is 0 Å². The molecule has 0 bridgehead atoms. The number of nitrogen functional groups attached to an aromatic ring is 1. The maximum atomic E-state index is 7.37. The molecule has 0 aliphatic heterocycles. The number of nitrogens with one attached hydrogen (secondary N) is 1. The van der Waals surface area contributed by atoms with Crippen molar-refractivity contribution in [2.45, 2.75) is 6.92 Å². The van der Waals surface area contributed by atoms with E-state index in [1.807, 2.05) is 25.1 Å². The van der Waals surface area contributed by atoms with Gasteiger partial charge in [0.1, 0.15) is 17.3 Å². The maximum absolute atomic E-state index is 7.37. The molecule has 2 rings (SSSR count). The van der Waals surface area contributed by atoms with Gasteiger partial charge in [-0.2, -0.15) is 0 Å². The predicted octanol–water partition coefficient (Wildman–Crippen LogP) is 3.72. The second kappa shape index (κ2) is 5.10. The number of rotatable bonds is 3. The van der Waals surface area contributed by atoms with E-state index in [9.17, 15) is 0 Å². The Morgan fingerprint density at radius 2 is 1.89 bits per heavy atom. The number of nitrogens with two attached hydrogens (primary N) is 1. The summed E-state index contributed by atoms with van der Waals surface area (Å²) in [5.74, 6) is 1.35. The first-order valence-electron chi connectivity index (χ1n) is 5.45. The Bertz CT molecular complexity index is 596. The number of halogens is 1. The molecule has 4 heteroatoms. The van der Waals surface area contributed by atoms with Gasteiger partial charge in [-0.05, 0) is 42.8 Å². The highest BCUT2D eigenvalue weighted by atomic mass is 35.5. The Balaban J connectivity index is 2.30. The monoisotopic (exact) mass is 260 g/mol. The lowest BCUT2D eigenvalue weighted by molar-refractivity contribution is 0.479. The van der Waals surface area contributed by atoms with Crippen molar-refractivity contribution in [3.8, 4) is 11.5 Å². The Morgan fingerprint density at radius 1 is 1.17 bits per heavy atom. The molecule has 0 unspecified atom stereocenters. The zero-order valence-electron chi connectivity index (χ0n) is 9.91. The lowest BCUT2D eigenvalue weighted by Gasteiger charge is -2.11. The van der Waals surface area contributed by atoms with Crippen LogP contribution in [0.4, 0.5) is 0 Å². The van der Waals surface area contributed by atoms with Gasteiger partial charge in [0.2, 0.25) is 0 Å². The number of aryl methyl sites for hydroxylation is 1. The molecule has 3 N–H and O–H groups in total.